The maximum atomic E-state index is 11.2. The molecule has 0 bridgehead atoms. The third kappa shape index (κ3) is 3.13. The summed E-state index contributed by atoms with van der Waals surface area (Å²) >= 11 is 4.85. The van der Waals surface area contributed by atoms with E-state index in [4.69, 9.17) is 9.26 Å². The predicted molar refractivity (Wildman–Crippen MR) is 65.6 cm³/mol. The molecule has 2 aromatic heterocycles. The first-order chi connectivity index (χ1) is 8.19. The number of nitrogens with zero attached hydrogens (tertiary/aromatic N) is 2. The van der Waals surface area contributed by atoms with E-state index in [2.05, 4.69) is 26.1 Å². The summed E-state index contributed by atoms with van der Waals surface area (Å²) in [6.07, 6.45) is 0.00733. The van der Waals surface area contributed by atoms with Gasteiger partial charge in [0.05, 0.1) is 15.3 Å². The molecule has 0 aliphatic heterocycles. The lowest BCUT2D eigenvalue weighted by atomic mass is 10.4. The van der Waals surface area contributed by atoms with Crippen LogP contribution in [-0.2, 0) is 16.0 Å². The van der Waals surface area contributed by atoms with E-state index in [1.165, 1.54) is 11.3 Å². The van der Waals surface area contributed by atoms with Crippen molar-refractivity contribution in [3.05, 3.63) is 21.8 Å². The van der Waals surface area contributed by atoms with Gasteiger partial charge in [0, 0.05) is 0 Å². The number of carbonyl (C=O) groups is 1. The lowest BCUT2D eigenvalue weighted by molar-refractivity contribution is -0.142. The largest absolute Gasteiger partial charge is 0.466 e. The fourth-order valence-electron chi connectivity index (χ4n) is 1.20. The quantitative estimate of drug-likeness (QED) is 0.811. The van der Waals surface area contributed by atoms with Crippen LogP contribution in [0.15, 0.2) is 20.4 Å². The first kappa shape index (κ1) is 12.3. The molecule has 2 aromatic rings. The van der Waals surface area contributed by atoms with Crippen molar-refractivity contribution < 1.29 is 14.1 Å². The molecule has 0 aromatic carbocycles. The van der Waals surface area contributed by atoms with E-state index in [9.17, 15) is 4.79 Å². The number of hydrogen-bond acceptors (Lipinski definition) is 6. The van der Waals surface area contributed by atoms with Gasteiger partial charge in [-0.15, -0.1) is 11.3 Å². The van der Waals surface area contributed by atoms with Crippen molar-refractivity contribution in [3.8, 4) is 10.7 Å². The Balaban J connectivity index is 2.08. The van der Waals surface area contributed by atoms with E-state index in [0.717, 1.165) is 8.66 Å². The van der Waals surface area contributed by atoms with Crippen LogP contribution >= 0.6 is 27.3 Å². The molecule has 0 N–H and O–H groups in total. The first-order valence-electron chi connectivity index (χ1n) is 4.93. The van der Waals surface area contributed by atoms with Gasteiger partial charge in [-0.05, 0) is 35.0 Å². The van der Waals surface area contributed by atoms with Gasteiger partial charge in [0.2, 0.25) is 11.7 Å². The van der Waals surface area contributed by atoms with Crippen LogP contribution < -0.4 is 0 Å². The smallest absolute Gasteiger partial charge is 0.315 e. The Kier molecular flexibility index (Phi) is 3.90. The van der Waals surface area contributed by atoms with Crippen molar-refractivity contribution in [1.29, 1.82) is 0 Å². The minimum Gasteiger partial charge on any atom is -0.466 e. The molecule has 17 heavy (non-hydrogen) atoms. The predicted octanol–water partition coefficient (Wildman–Crippen LogP) is 2.67. The van der Waals surface area contributed by atoms with Gasteiger partial charge in [0.15, 0.2) is 0 Å². The highest BCUT2D eigenvalue weighted by atomic mass is 79.9. The summed E-state index contributed by atoms with van der Waals surface area (Å²) in [4.78, 5) is 16.2. The van der Waals surface area contributed by atoms with E-state index in [1.807, 2.05) is 12.1 Å². The average Bonchev–Trinajstić information content (AvgIpc) is 2.87. The van der Waals surface area contributed by atoms with E-state index >= 15 is 0 Å². The van der Waals surface area contributed by atoms with Crippen molar-refractivity contribution in [2.75, 3.05) is 6.61 Å². The standard InChI is InChI=1S/C10H9BrN2O3S/c1-2-15-9(14)5-8-12-10(13-16-8)6-3-4-7(11)17-6/h3-4H,2,5H2,1H3. The van der Waals surface area contributed by atoms with Crippen LogP contribution in [0.5, 0.6) is 0 Å². The van der Waals surface area contributed by atoms with Gasteiger partial charge in [-0.1, -0.05) is 5.16 Å². The topological polar surface area (TPSA) is 65.2 Å². The van der Waals surface area contributed by atoms with Crippen molar-refractivity contribution in [1.82, 2.24) is 10.1 Å². The van der Waals surface area contributed by atoms with Crippen LogP contribution in [0.4, 0.5) is 0 Å². The zero-order chi connectivity index (χ0) is 12.3. The molecule has 0 unspecified atom stereocenters. The Morgan fingerprint density at radius 1 is 1.59 bits per heavy atom. The zero-order valence-corrected chi connectivity index (χ0v) is 11.4. The number of thiophene rings is 1. The normalized spacial score (nSPS) is 10.5. The lowest BCUT2D eigenvalue weighted by Gasteiger charge is -1.96. The van der Waals surface area contributed by atoms with Crippen LogP contribution in [0.3, 0.4) is 0 Å². The van der Waals surface area contributed by atoms with Gasteiger partial charge >= 0.3 is 5.97 Å². The molecule has 2 heterocycles. The molecular weight excluding hydrogens is 308 g/mol. The monoisotopic (exact) mass is 316 g/mol. The average molecular weight is 317 g/mol. The summed E-state index contributed by atoms with van der Waals surface area (Å²) in [7, 11) is 0. The van der Waals surface area contributed by atoms with Crippen LogP contribution in [-0.4, -0.2) is 22.7 Å². The van der Waals surface area contributed by atoms with Gasteiger partial charge in [-0.3, -0.25) is 4.79 Å². The molecule has 0 saturated carbocycles. The minimum absolute atomic E-state index is 0.00733. The first-order valence-corrected chi connectivity index (χ1v) is 6.54. The SMILES string of the molecule is CCOC(=O)Cc1nc(-c2ccc(Br)s2)no1. The number of aromatic nitrogens is 2. The molecular formula is C10H9BrN2O3S. The van der Waals surface area contributed by atoms with Crippen molar-refractivity contribution >= 4 is 33.2 Å². The molecule has 0 radical (unpaired) electrons. The summed E-state index contributed by atoms with van der Waals surface area (Å²) in [6, 6.07) is 3.79. The number of halogens is 1. The van der Waals surface area contributed by atoms with Crippen molar-refractivity contribution in [2.45, 2.75) is 13.3 Å². The third-order valence-electron chi connectivity index (χ3n) is 1.86. The second-order valence-corrected chi connectivity index (χ2v) is 5.56. The molecule has 90 valence electrons. The van der Waals surface area contributed by atoms with E-state index in [1.54, 1.807) is 6.92 Å². The fraction of sp³-hybridized carbons (Fsp3) is 0.300. The van der Waals surface area contributed by atoms with Gasteiger partial charge in [0.25, 0.3) is 0 Å². The zero-order valence-electron chi connectivity index (χ0n) is 8.97. The van der Waals surface area contributed by atoms with Gasteiger partial charge < -0.3 is 9.26 Å². The highest BCUT2D eigenvalue weighted by Gasteiger charge is 2.14. The number of rotatable bonds is 4. The summed E-state index contributed by atoms with van der Waals surface area (Å²) in [6.45, 7) is 2.10. The summed E-state index contributed by atoms with van der Waals surface area (Å²) in [5.41, 5.74) is 0. The molecule has 2 rings (SSSR count). The number of carbonyl (C=O) groups excluding carboxylic acids is 1. The van der Waals surface area contributed by atoms with Gasteiger partial charge in [-0.2, -0.15) is 4.98 Å². The van der Waals surface area contributed by atoms with E-state index in [-0.39, 0.29) is 18.3 Å². The van der Waals surface area contributed by atoms with Crippen molar-refractivity contribution in [3.63, 3.8) is 0 Å². The van der Waals surface area contributed by atoms with Crippen molar-refractivity contribution in [2.24, 2.45) is 0 Å². The Morgan fingerprint density at radius 2 is 2.41 bits per heavy atom. The van der Waals surface area contributed by atoms with Crippen LogP contribution in [0, 0.1) is 0 Å². The second-order valence-electron chi connectivity index (χ2n) is 3.10. The number of hydrogen-bond donors (Lipinski definition) is 0. The summed E-state index contributed by atoms with van der Waals surface area (Å²) in [5, 5.41) is 3.81. The molecule has 5 nitrogen and oxygen atoms in total. The molecule has 0 amide bonds. The lowest BCUT2D eigenvalue weighted by Crippen LogP contribution is -2.07. The molecule has 0 atom stereocenters. The molecule has 7 heteroatoms. The highest BCUT2D eigenvalue weighted by molar-refractivity contribution is 9.11. The number of esters is 1. The maximum Gasteiger partial charge on any atom is 0.315 e. The highest BCUT2D eigenvalue weighted by Crippen LogP contribution is 2.29. The Labute approximate surface area is 110 Å². The Hall–Kier alpha value is -1.21. The Morgan fingerprint density at radius 3 is 3.06 bits per heavy atom. The molecule has 0 aliphatic rings. The molecule has 0 saturated heterocycles. The molecule has 0 spiro atoms. The Bertz CT molecular complexity index is 523. The van der Waals surface area contributed by atoms with E-state index < -0.39 is 0 Å². The summed E-state index contributed by atoms with van der Waals surface area (Å²) in [5.74, 6) is 0.387. The van der Waals surface area contributed by atoms with Gasteiger partial charge in [0.1, 0.15) is 6.42 Å². The van der Waals surface area contributed by atoms with Crippen LogP contribution in [0.25, 0.3) is 10.7 Å². The summed E-state index contributed by atoms with van der Waals surface area (Å²) < 4.78 is 10.8. The van der Waals surface area contributed by atoms with Gasteiger partial charge in [-0.25, -0.2) is 0 Å². The second kappa shape index (κ2) is 5.42. The maximum absolute atomic E-state index is 11.2. The fourth-order valence-corrected chi connectivity index (χ4v) is 2.51. The van der Waals surface area contributed by atoms with E-state index in [0.29, 0.717) is 12.4 Å². The molecule has 0 fully saturated rings. The van der Waals surface area contributed by atoms with Crippen LogP contribution in [0.2, 0.25) is 0 Å². The minimum atomic E-state index is -0.366. The number of ether oxygens (including phenoxy) is 1. The molecule has 0 aliphatic carbocycles. The third-order valence-corrected chi connectivity index (χ3v) is 3.48. The van der Waals surface area contributed by atoms with Crippen LogP contribution in [0.1, 0.15) is 12.8 Å².